The first kappa shape index (κ1) is 15.9. The third-order valence-corrected chi connectivity index (χ3v) is 3.28. The van der Waals surface area contributed by atoms with Gasteiger partial charge in [0.1, 0.15) is 17.7 Å². The lowest BCUT2D eigenvalue weighted by molar-refractivity contribution is -0.130. The number of likely N-dealkylation sites (N-methyl/N-ethyl adjacent to an activating group) is 1. The smallest absolute Gasteiger partial charge is 0.244 e. The minimum absolute atomic E-state index is 0.131. The van der Waals surface area contributed by atoms with Gasteiger partial charge in [-0.15, -0.1) is 0 Å². The Hall–Kier alpha value is -2.43. The zero-order valence-corrected chi connectivity index (χ0v) is 12.5. The van der Waals surface area contributed by atoms with E-state index in [1.807, 2.05) is 0 Å². The van der Waals surface area contributed by atoms with Crippen LogP contribution in [0.15, 0.2) is 48.5 Å². The van der Waals surface area contributed by atoms with Crippen molar-refractivity contribution in [1.82, 2.24) is 4.90 Å². The molecule has 2 aromatic carbocycles. The van der Waals surface area contributed by atoms with E-state index in [9.17, 15) is 13.6 Å². The molecule has 22 heavy (non-hydrogen) atoms. The van der Waals surface area contributed by atoms with Crippen molar-refractivity contribution >= 4 is 11.6 Å². The van der Waals surface area contributed by atoms with Crippen molar-refractivity contribution in [2.75, 3.05) is 12.4 Å². The molecule has 0 heterocycles. The molecule has 1 amide bonds. The maximum Gasteiger partial charge on any atom is 0.244 e. The van der Waals surface area contributed by atoms with E-state index in [0.29, 0.717) is 12.2 Å². The second kappa shape index (κ2) is 7.02. The van der Waals surface area contributed by atoms with E-state index in [1.54, 1.807) is 38.2 Å². The van der Waals surface area contributed by atoms with Crippen molar-refractivity contribution in [2.24, 2.45) is 0 Å². The van der Waals surface area contributed by atoms with Crippen molar-refractivity contribution < 1.29 is 13.6 Å². The summed E-state index contributed by atoms with van der Waals surface area (Å²) in [6, 6.07) is 11.5. The first-order valence-electron chi connectivity index (χ1n) is 6.97. The second-order valence-electron chi connectivity index (χ2n) is 5.20. The molecule has 0 fully saturated rings. The van der Waals surface area contributed by atoms with E-state index in [2.05, 4.69) is 5.32 Å². The topological polar surface area (TPSA) is 32.3 Å². The number of anilines is 1. The predicted octanol–water partition coefficient (Wildman–Crippen LogP) is 3.42. The van der Waals surface area contributed by atoms with Gasteiger partial charge in [0.2, 0.25) is 5.91 Å². The highest BCUT2D eigenvalue weighted by Gasteiger charge is 2.17. The second-order valence-corrected chi connectivity index (χ2v) is 5.20. The van der Waals surface area contributed by atoms with Gasteiger partial charge in [-0.3, -0.25) is 4.79 Å². The molecule has 1 atom stereocenters. The number of halogens is 2. The number of nitrogens with zero attached hydrogens (tertiary/aromatic N) is 1. The molecule has 0 aliphatic carbocycles. The van der Waals surface area contributed by atoms with E-state index >= 15 is 0 Å². The number of hydrogen-bond donors (Lipinski definition) is 1. The van der Waals surface area contributed by atoms with Gasteiger partial charge in [0.25, 0.3) is 0 Å². The largest absolute Gasteiger partial charge is 0.374 e. The molecular weight excluding hydrogens is 286 g/mol. The van der Waals surface area contributed by atoms with Gasteiger partial charge in [-0.1, -0.05) is 12.1 Å². The summed E-state index contributed by atoms with van der Waals surface area (Å²) >= 11 is 0. The summed E-state index contributed by atoms with van der Waals surface area (Å²) in [6.07, 6.45) is 0. The van der Waals surface area contributed by atoms with Gasteiger partial charge in [0.05, 0.1) is 0 Å². The number of rotatable bonds is 5. The van der Waals surface area contributed by atoms with Crippen LogP contribution in [0.5, 0.6) is 0 Å². The van der Waals surface area contributed by atoms with Gasteiger partial charge in [-0.2, -0.15) is 0 Å². The Morgan fingerprint density at radius 1 is 1.14 bits per heavy atom. The normalized spacial score (nSPS) is 11.8. The molecule has 5 heteroatoms. The lowest BCUT2D eigenvalue weighted by atomic mass is 10.2. The van der Waals surface area contributed by atoms with E-state index < -0.39 is 6.04 Å². The van der Waals surface area contributed by atoms with Crippen LogP contribution in [0.4, 0.5) is 14.5 Å². The van der Waals surface area contributed by atoms with Crippen molar-refractivity contribution in [3.63, 3.8) is 0 Å². The van der Waals surface area contributed by atoms with Crippen LogP contribution in [0.1, 0.15) is 12.5 Å². The van der Waals surface area contributed by atoms with Crippen LogP contribution >= 0.6 is 0 Å². The number of nitrogens with one attached hydrogen (secondary N) is 1. The van der Waals surface area contributed by atoms with E-state index in [4.69, 9.17) is 0 Å². The average molecular weight is 304 g/mol. The van der Waals surface area contributed by atoms with Crippen molar-refractivity contribution in [3.8, 4) is 0 Å². The Kier molecular flexibility index (Phi) is 5.09. The zero-order valence-electron chi connectivity index (χ0n) is 12.5. The quantitative estimate of drug-likeness (QED) is 0.918. The number of amides is 1. The van der Waals surface area contributed by atoms with Crippen LogP contribution in [0.2, 0.25) is 0 Å². The molecule has 0 saturated carbocycles. The molecule has 0 bridgehead atoms. The van der Waals surface area contributed by atoms with Gasteiger partial charge in [-0.25, -0.2) is 8.78 Å². The summed E-state index contributed by atoms with van der Waals surface area (Å²) in [5.74, 6) is -0.780. The van der Waals surface area contributed by atoms with Crippen LogP contribution in [0.3, 0.4) is 0 Å². The summed E-state index contributed by atoms with van der Waals surface area (Å²) in [5.41, 5.74) is 1.39. The fourth-order valence-corrected chi connectivity index (χ4v) is 2.18. The number of carbonyl (C=O) groups is 1. The van der Waals surface area contributed by atoms with Crippen molar-refractivity contribution in [2.45, 2.75) is 19.5 Å². The van der Waals surface area contributed by atoms with Gasteiger partial charge >= 0.3 is 0 Å². The molecule has 0 aliphatic heterocycles. The highest BCUT2D eigenvalue weighted by atomic mass is 19.1. The van der Waals surface area contributed by atoms with Gasteiger partial charge < -0.3 is 10.2 Å². The maximum absolute atomic E-state index is 13.2. The van der Waals surface area contributed by atoms with E-state index in [-0.39, 0.29) is 17.5 Å². The molecule has 1 unspecified atom stereocenters. The van der Waals surface area contributed by atoms with Gasteiger partial charge in [-0.05, 0) is 48.9 Å². The Labute approximate surface area is 128 Å². The average Bonchev–Trinajstić information content (AvgIpc) is 2.48. The summed E-state index contributed by atoms with van der Waals surface area (Å²) in [5, 5.41) is 3.01. The van der Waals surface area contributed by atoms with Crippen LogP contribution in [0, 0.1) is 11.6 Å². The molecule has 0 aromatic heterocycles. The van der Waals surface area contributed by atoms with Crippen LogP contribution in [-0.4, -0.2) is 23.9 Å². The monoisotopic (exact) mass is 304 g/mol. The third-order valence-electron chi connectivity index (χ3n) is 3.28. The highest BCUT2D eigenvalue weighted by molar-refractivity contribution is 5.84. The molecule has 0 aliphatic rings. The van der Waals surface area contributed by atoms with Crippen LogP contribution in [0.25, 0.3) is 0 Å². The molecule has 0 saturated heterocycles. The Bertz CT molecular complexity index is 643. The number of hydrogen-bond acceptors (Lipinski definition) is 2. The Morgan fingerprint density at radius 3 is 2.45 bits per heavy atom. The summed E-state index contributed by atoms with van der Waals surface area (Å²) < 4.78 is 26.0. The highest BCUT2D eigenvalue weighted by Crippen LogP contribution is 2.12. The number of benzene rings is 2. The summed E-state index contributed by atoms with van der Waals surface area (Å²) in [7, 11) is 1.66. The van der Waals surface area contributed by atoms with Crippen molar-refractivity contribution in [3.05, 3.63) is 65.7 Å². The first-order valence-corrected chi connectivity index (χ1v) is 6.97. The molecule has 2 aromatic rings. The molecular formula is C17H18F2N2O. The van der Waals surface area contributed by atoms with Gasteiger partial charge in [0, 0.05) is 19.3 Å². The summed E-state index contributed by atoms with van der Waals surface area (Å²) in [6.45, 7) is 2.06. The molecule has 2 rings (SSSR count). The lowest BCUT2D eigenvalue weighted by Gasteiger charge is -2.23. The Balaban J connectivity index is 1.96. The van der Waals surface area contributed by atoms with Crippen LogP contribution in [-0.2, 0) is 11.3 Å². The van der Waals surface area contributed by atoms with Crippen LogP contribution < -0.4 is 5.32 Å². The Morgan fingerprint density at radius 2 is 1.82 bits per heavy atom. The first-order chi connectivity index (χ1) is 10.5. The molecule has 0 radical (unpaired) electrons. The summed E-state index contributed by atoms with van der Waals surface area (Å²) in [4.78, 5) is 13.8. The molecule has 1 N–H and O–H groups in total. The minimum Gasteiger partial charge on any atom is -0.374 e. The molecule has 0 spiro atoms. The van der Waals surface area contributed by atoms with E-state index in [0.717, 1.165) is 5.56 Å². The minimum atomic E-state index is -0.468. The predicted molar refractivity (Wildman–Crippen MR) is 82.4 cm³/mol. The SMILES string of the molecule is CC(Nc1ccc(F)cc1)C(=O)N(C)Cc1cccc(F)c1. The fourth-order valence-electron chi connectivity index (χ4n) is 2.18. The molecule has 3 nitrogen and oxygen atoms in total. The van der Waals surface area contributed by atoms with Gasteiger partial charge in [0.15, 0.2) is 0 Å². The number of carbonyl (C=O) groups excluding carboxylic acids is 1. The zero-order chi connectivity index (χ0) is 16.1. The van der Waals surface area contributed by atoms with E-state index in [1.165, 1.54) is 29.2 Å². The standard InChI is InChI=1S/C17H18F2N2O/c1-12(20-16-8-6-14(18)7-9-16)17(22)21(2)11-13-4-3-5-15(19)10-13/h3-10,12,20H,11H2,1-2H3. The third kappa shape index (κ3) is 4.28. The molecule has 116 valence electrons. The maximum atomic E-state index is 13.2. The van der Waals surface area contributed by atoms with Crippen molar-refractivity contribution in [1.29, 1.82) is 0 Å². The lowest BCUT2D eigenvalue weighted by Crippen LogP contribution is -2.38. The fraction of sp³-hybridized carbons (Fsp3) is 0.235.